The molecule has 1 aliphatic carbocycles. The minimum Gasteiger partial charge on any atom is -0.186 e. The van der Waals surface area contributed by atoms with E-state index in [-0.39, 0.29) is 12.1 Å². The zero-order valence-electron chi connectivity index (χ0n) is 7.93. The Kier molecular flexibility index (Phi) is 2.77. The van der Waals surface area contributed by atoms with Crippen LogP contribution in [0.4, 0.5) is 5.69 Å². The minimum atomic E-state index is 0.0730. The molecule has 2 heteroatoms. The van der Waals surface area contributed by atoms with Crippen LogP contribution in [-0.2, 0) is 0 Å². The molecule has 0 heterocycles. The maximum absolute atomic E-state index is 5.69. The Labute approximate surface area is 84.1 Å². The van der Waals surface area contributed by atoms with E-state index in [1.165, 1.54) is 0 Å². The van der Waals surface area contributed by atoms with Gasteiger partial charge in [0.15, 0.2) is 17.8 Å². The van der Waals surface area contributed by atoms with Crippen LogP contribution >= 0.6 is 0 Å². The second-order valence-electron chi connectivity index (χ2n) is 3.38. The average Bonchev–Trinajstić information content (AvgIpc) is 2.23. The van der Waals surface area contributed by atoms with Crippen molar-refractivity contribution < 1.29 is 11.1 Å². The Balaban J connectivity index is 2.00. The van der Waals surface area contributed by atoms with Gasteiger partial charge in [-0.3, -0.25) is 0 Å². The van der Waals surface area contributed by atoms with Crippen LogP contribution in [0.5, 0.6) is 0 Å². The predicted molar refractivity (Wildman–Crippen MR) is 54.8 cm³/mol. The summed E-state index contributed by atoms with van der Waals surface area (Å²) in [5.74, 6) is 0. The maximum Gasteiger partial charge on any atom is 0.179 e. The lowest BCUT2D eigenvalue weighted by atomic mass is 10.1. The molecule has 0 saturated carbocycles. The Bertz CT molecular complexity index is 327. The number of hydrogen-bond donors (Lipinski definition) is 2. The van der Waals surface area contributed by atoms with Crippen molar-refractivity contribution in [3.63, 3.8) is 0 Å². The summed E-state index contributed by atoms with van der Waals surface area (Å²) in [6, 6.07) is 10.5. The molecule has 0 saturated heterocycles. The van der Waals surface area contributed by atoms with Gasteiger partial charge in [0.05, 0.1) is 0 Å². The topological polar surface area (TPSA) is 40.9 Å². The van der Waals surface area contributed by atoms with E-state index in [9.17, 15) is 0 Å². The number of nitrogens with one attached hydrogen (secondary N) is 1. The van der Waals surface area contributed by atoms with E-state index in [2.05, 4.69) is 29.6 Å². The molecule has 1 aliphatic rings. The zero-order valence-corrected chi connectivity index (χ0v) is 7.93. The normalized spacial score (nSPS) is 25.2. The first-order valence-electron chi connectivity index (χ1n) is 4.78. The van der Waals surface area contributed by atoms with Crippen LogP contribution < -0.4 is 11.1 Å². The first-order chi connectivity index (χ1) is 6.84. The first-order valence-corrected chi connectivity index (χ1v) is 4.78. The molecule has 3 N–H and O–H groups in total. The van der Waals surface area contributed by atoms with Crippen molar-refractivity contribution in [3.8, 4) is 0 Å². The molecule has 1 aromatic carbocycles. The van der Waals surface area contributed by atoms with Gasteiger partial charge in [-0.1, -0.05) is 18.2 Å². The quantitative estimate of drug-likeness (QED) is 0.588. The van der Waals surface area contributed by atoms with Gasteiger partial charge in [-0.25, -0.2) is 0 Å². The summed E-state index contributed by atoms with van der Waals surface area (Å²) in [5, 5.41) is 3.37. The van der Waals surface area contributed by atoms with Gasteiger partial charge in [0, 0.05) is 12.1 Å². The van der Waals surface area contributed by atoms with E-state index in [1.807, 2.05) is 30.4 Å². The van der Waals surface area contributed by atoms with Crippen LogP contribution in [-0.4, -0.2) is 12.1 Å². The molecule has 2 radical (unpaired) electrons. The predicted octanol–water partition coefficient (Wildman–Crippen LogP) is -0.442. The molecule has 0 bridgehead atoms. The highest BCUT2D eigenvalue weighted by Crippen LogP contribution is 2.01. The van der Waals surface area contributed by atoms with Gasteiger partial charge in [0.25, 0.3) is 0 Å². The van der Waals surface area contributed by atoms with E-state index in [1.54, 1.807) is 0 Å². The van der Waals surface area contributed by atoms with Gasteiger partial charge in [0.1, 0.15) is 0 Å². The first kappa shape index (κ1) is 9.19. The molecule has 0 amide bonds. The van der Waals surface area contributed by atoms with Crippen molar-refractivity contribution in [2.75, 3.05) is 0 Å². The third kappa shape index (κ3) is 2.31. The van der Waals surface area contributed by atoms with Crippen molar-refractivity contribution in [3.05, 3.63) is 54.6 Å². The van der Waals surface area contributed by atoms with Gasteiger partial charge < -0.3 is 0 Å². The van der Waals surface area contributed by atoms with Gasteiger partial charge in [-0.05, 0) is 24.3 Å². The smallest absolute Gasteiger partial charge is 0.179 e. The summed E-state index contributed by atoms with van der Waals surface area (Å²) in [7, 11) is 0. The van der Waals surface area contributed by atoms with Crippen molar-refractivity contribution in [2.24, 2.45) is 0 Å². The molecule has 0 atom stereocenters. The highest BCUT2D eigenvalue weighted by molar-refractivity contribution is 5.28. The second kappa shape index (κ2) is 4.22. The fourth-order valence-electron chi connectivity index (χ4n) is 1.45. The van der Waals surface area contributed by atoms with E-state index >= 15 is 0 Å². The van der Waals surface area contributed by atoms with Gasteiger partial charge in [0.2, 0.25) is 0 Å². The van der Waals surface area contributed by atoms with Crippen LogP contribution in [0.15, 0.2) is 54.6 Å². The lowest BCUT2D eigenvalue weighted by Gasteiger charge is -2.05. The standard InChI is InChI=1S/C12H14N2/c13-10-6-8-12(9-7-10)14-11-4-2-1-3-5-11/h1-10,12,14H,13H2/q+2. The Morgan fingerprint density at radius 1 is 0.929 bits per heavy atom. The molecule has 0 unspecified atom stereocenters. The number of para-hydroxylation sites is 1. The zero-order chi connectivity index (χ0) is 9.80. The van der Waals surface area contributed by atoms with E-state index in [4.69, 9.17) is 5.73 Å². The van der Waals surface area contributed by atoms with E-state index in [0.29, 0.717) is 0 Å². The number of nitrogens with two attached hydrogens (primary N) is 1. The molecule has 1 aromatic rings. The summed E-state index contributed by atoms with van der Waals surface area (Å²) in [5.41, 5.74) is 6.82. The number of anilines is 1. The van der Waals surface area contributed by atoms with Gasteiger partial charge in [-0.15, -0.1) is 5.32 Å². The van der Waals surface area contributed by atoms with Crippen LogP contribution in [0.3, 0.4) is 0 Å². The maximum atomic E-state index is 5.69. The fraction of sp³-hybridized carbons (Fsp3) is 0.167. The second-order valence-corrected chi connectivity index (χ2v) is 3.38. The Morgan fingerprint density at radius 2 is 1.57 bits per heavy atom. The van der Waals surface area contributed by atoms with Crippen molar-refractivity contribution in [1.82, 2.24) is 0 Å². The van der Waals surface area contributed by atoms with Crippen LogP contribution in [0.1, 0.15) is 0 Å². The minimum absolute atomic E-state index is 0.0730. The van der Waals surface area contributed by atoms with Crippen molar-refractivity contribution >= 4 is 5.69 Å². The molecule has 2 rings (SSSR count). The van der Waals surface area contributed by atoms with Crippen molar-refractivity contribution in [2.45, 2.75) is 12.1 Å². The van der Waals surface area contributed by atoms with Crippen LogP contribution in [0, 0.1) is 0 Å². The number of hydrogen-bond acceptors (Lipinski definition) is 2. The molecule has 0 spiro atoms. The van der Waals surface area contributed by atoms with Gasteiger partial charge in [-0.2, -0.15) is 5.73 Å². The summed E-state index contributed by atoms with van der Waals surface area (Å²) in [6.07, 6.45) is 8.16. The molecule has 70 valence electrons. The lowest BCUT2D eigenvalue weighted by molar-refractivity contribution is -0.588. The average molecular weight is 186 g/mol. The molecule has 2 nitrogen and oxygen atoms in total. The third-order valence-corrected chi connectivity index (χ3v) is 2.19. The summed E-state index contributed by atoms with van der Waals surface area (Å²) in [6.45, 7) is 0. The molecule has 0 aliphatic heterocycles. The summed E-state index contributed by atoms with van der Waals surface area (Å²) in [4.78, 5) is 0. The third-order valence-electron chi connectivity index (χ3n) is 2.19. The number of rotatable bonds is 2. The van der Waals surface area contributed by atoms with Crippen LogP contribution in [0.25, 0.3) is 0 Å². The van der Waals surface area contributed by atoms with E-state index in [0.717, 1.165) is 5.69 Å². The van der Waals surface area contributed by atoms with Gasteiger partial charge >= 0.3 is 0 Å². The highest BCUT2D eigenvalue weighted by atomic mass is 14.9. The fourth-order valence-corrected chi connectivity index (χ4v) is 1.45. The van der Waals surface area contributed by atoms with Crippen LogP contribution in [0.2, 0.25) is 0 Å². The molecular formula is C12H14N2+2. The SMILES string of the molecule is [NH2+]C1C=CC([NH+]c2ccccc2)C=C1. The Hall–Kier alpha value is -1.38. The monoisotopic (exact) mass is 186 g/mol. The highest BCUT2D eigenvalue weighted by Gasteiger charge is 2.15. The molecular weight excluding hydrogens is 172 g/mol. The molecule has 14 heavy (non-hydrogen) atoms. The summed E-state index contributed by atoms with van der Waals surface area (Å²) < 4.78 is 0. The van der Waals surface area contributed by atoms with Crippen molar-refractivity contribution in [1.29, 1.82) is 0 Å². The summed E-state index contributed by atoms with van der Waals surface area (Å²) >= 11 is 0. The largest absolute Gasteiger partial charge is 0.186 e. The number of benzene rings is 1. The lowest BCUT2D eigenvalue weighted by Crippen LogP contribution is -2.84. The van der Waals surface area contributed by atoms with E-state index < -0.39 is 0 Å². The Morgan fingerprint density at radius 3 is 2.21 bits per heavy atom. The molecule has 0 fully saturated rings. The molecule has 0 aromatic heterocycles.